The van der Waals surface area contributed by atoms with Gasteiger partial charge in [-0.15, -0.1) is 0 Å². The summed E-state index contributed by atoms with van der Waals surface area (Å²) in [6, 6.07) is 5.11. The lowest BCUT2D eigenvalue weighted by Gasteiger charge is -2.22. The summed E-state index contributed by atoms with van der Waals surface area (Å²) >= 11 is 8.26. The number of aryl methyl sites for hydroxylation is 1. The monoisotopic (exact) mass is 393 g/mol. The van der Waals surface area contributed by atoms with Crippen molar-refractivity contribution in [2.24, 2.45) is 0 Å². The number of rotatable bonds is 3. The van der Waals surface area contributed by atoms with Crippen molar-refractivity contribution < 1.29 is 9.59 Å². The van der Waals surface area contributed by atoms with Crippen LogP contribution in [0.15, 0.2) is 30.6 Å². The molecule has 3 rings (SSSR count). The van der Waals surface area contributed by atoms with Gasteiger partial charge >= 0.3 is 0 Å². The third-order valence-corrected chi connectivity index (χ3v) is 5.22. The van der Waals surface area contributed by atoms with Gasteiger partial charge in [0.1, 0.15) is 9.75 Å². The van der Waals surface area contributed by atoms with Crippen molar-refractivity contribution in [1.29, 1.82) is 0 Å². The van der Waals surface area contributed by atoms with Gasteiger partial charge < -0.3 is 11.5 Å². The van der Waals surface area contributed by atoms with Crippen molar-refractivity contribution in [3.05, 3.63) is 50.9 Å². The number of amides is 2. The molecule has 2 amide bonds. The number of carbonyl (C=O) groups excluding carboxylic acids is 2. The molecule has 2 heterocycles. The highest BCUT2D eigenvalue weighted by molar-refractivity contribution is 7.18. The normalized spacial score (nSPS) is 10.6. The summed E-state index contributed by atoms with van der Waals surface area (Å²) in [4.78, 5) is 35.2. The number of nitrogens with two attached hydrogens (primary N) is 2. The van der Waals surface area contributed by atoms with Gasteiger partial charge in [-0.3, -0.25) is 9.59 Å². The van der Waals surface area contributed by atoms with Gasteiger partial charge in [-0.25, -0.2) is 14.9 Å². The fourth-order valence-electron chi connectivity index (χ4n) is 2.19. The molecule has 0 saturated carbocycles. The summed E-state index contributed by atoms with van der Waals surface area (Å²) in [7, 11) is 0. The smallest absolute Gasteiger partial charge is 0.277 e. The minimum absolute atomic E-state index is 0.225. The van der Waals surface area contributed by atoms with E-state index >= 15 is 0 Å². The number of carbonyl (C=O) groups is 2. The van der Waals surface area contributed by atoms with Gasteiger partial charge in [0.2, 0.25) is 0 Å². The van der Waals surface area contributed by atoms with Gasteiger partial charge in [0.05, 0.1) is 23.1 Å². The van der Waals surface area contributed by atoms with Crippen LogP contribution in [-0.4, -0.2) is 21.8 Å². The maximum atomic E-state index is 13.0. The first-order chi connectivity index (χ1) is 11.9. The van der Waals surface area contributed by atoms with Crippen molar-refractivity contribution in [1.82, 2.24) is 9.97 Å². The lowest BCUT2D eigenvalue weighted by Crippen LogP contribution is -2.37. The summed E-state index contributed by atoms with van der Waals surface area (Å²) in [5.74, 6) is -1.13. The van der Waals surface area contributed by atoms with Gasteiger partial charge in [-0.05, 0) is 18.6 Å². The average Bonchev–Trinajstić information content (AvgIpc) is 3.18. The van der Waals surface area contributed by atoms with E-state index in [-0.39, 0.29) is 25.0 Å². The SMILES string of the molecule is Cc1cccc(Cl)c1N(C(=O)c1cnc(N)s1)C(=O)c1cnc(N)s1. The molecule has 0 aliphatic rings. The molecule has 25 heavy (non-hydrogen) atoms. The Bertz CT molecular complexity index is 896. The van der Waals surface area contributed by atoms with Gasteiger partial charge in [0.15, 0.2) is 10.3 Å². The number of thiazole rings is 2. The third kappa shape index (κ3) is 3.34. The Kier molecular flexibility index (Phi) is 4.71. The Labute approximate surface area is 155 Å². The van der Waals surface area contributed by atoms with Crippen LogP contribution in [0.5, 0.6) is 0 Å². The van der Waals surface area contributed by atoms with Gasteiger partial charge in [0, 0.05) is 0 Å². The van der Waals surface area contributed by atoms with E-state index in [0.29, 0.717) is 11.3 Å². The predicted molar refractivity (Wildman–Crippen MR) is 100 cm³/mol. The highest BCUT2D eigenvalue weighted by Crippen LogP contribution is 2.33. The van der Waals surface area contributed by atoms with Crippen molar-refractivity contribution in [3.63, 3.8) is 0 Å². The van der Waals surface area contributed by atoms with Crippen LogP contribution in [0.1, 0.15) is 24.9 Å². The first-order valence-electron chi connectivity index (χ1n) is 6.95. The van der Waals surface area contributed by atoms with E-state index in [1.165, 1.54) is 12.4 Å². The zero-order chi connectivity index (χ0) is 18.1. The molecule has 0 atom stereocenters. The number of halogens is 1. The molecule has 0 fully saturated rings. The number of benzene rings is 1. The molecule has 0 radical (unpaired) electrons. The van der Waals surface area contributed by atoms with E-state index in [2.05, 4.69) is 9.97 Å². The molecule has 4 N–H and O–H groups in total. The summed E-state index contributed by atoms with van der Waals surface area (Å²) in [5.41, 5.74) is 12.2. The second kappa shape index (κ2) is 6.79. The minimum atomic E-state index is -0.567. The quantitative estimate of drug-likeness (QED) is 0.660. The Hall–Kier alpha value is -2.49. The van der Waals surface area contributed by atoms with E-state index in [4.69, 9.17) is 23.1 Å². The second-order valence-electron chi connectivity index (χ2n) is 4.98. The van der Waals surface area contributed by atoms with Crippen molar-refractivity contribution in [2.75, 3.05) is 16.4 Å². The summed E-state index contributed by atoms with van der Waals surface area (Å²) in [5, 5.41) is 0.735. The van der Waals surface area contributed by atoms with Crippen LogP contribution < -0.4 is 16.4 Å². The topological polar surface area (TPSA) is 115 Å². The summed E-state index contributed by atoms with van der Waals surface area (Å²) in [6.45, 7) is 1.76. The molecule has 128 valence electrons. The molecule has 0 bridgehead atoms. The molecule has 10 heteroatoms. The molecule has 1 aromatic carbocycles. The van der Waals surface area contributed by atoms with Gasteiger partial charge in [-0.1, -0.05) is 46.4 Å². The number of imide groups is 1. The second-order valence-corrected chi connectivity index (χ2v) is 7.51. The third-order valence-electron chi connectivity index (χ3n) is 3.29. The summed E-state index contributed by atoms with van der Waals surface area (Å²) in [6.07, 6.45) is 2.66. The molecular weight excluding hydrogens is 382 g/mol. The first kappa shape index (κ1) is 17.3. The van der Waals surface area contributed by atoms with E-state index in [9.17, 15) is 9.59 Å². The Morgan fingerprint density at radius 3 is 1.96 bits per heavy atom. The molecule has 2 aromatic heterocycles. The number of hydrogen-bond donors (Lipinski definition) is 2. The fraction of sp³-hybridized carbons (Fsp3) is 0.0667. The standard InChI is InChI=1S/C15H12ClN5O2S2/c1-7-3-2-4-8(16)11(7)21(12(22)9-5-19-14(17)24-9)13(23)10-6-20-15(18)25-10/h2-6H,1H3,(H2,17,19)(H2,18,20). The van der Waals surface area contributed by atoms with Crippen molar-refractivity contribution in [3.8, 4) is 0 Å². The lowest BCUT2D eigenvalue weighted by molar-refractivity contribution is 0.0901. The van der Waals surface area contributed by atoms with Crippen LogP contribution in [0.4, 0.5) is 16.0 Å². The largest absolute Gasteiger partial charge is 0.375 e. The molecule has 3 aromatic rings. The zero-order valence-electron chi connectivity index (χ0n) is 12.9. The zero-order valence-corrected chi connectivity index (χ0v) is 15.3. The van der Waals surface area contributed by atoms with Crippen LogP contribution in [0, 0.1) is 6.92 Å². The molecule has 0 unspecified atom stereocenters. The van der Waals surface area contributed by atoms with Crippen LogP contribution in [0.3, 0.4) is 0 Å². The van der Waals surface area contributed by atoms with Crippen LogP contribution in [-0.2, 0) is 0 Å². The molecule has 0 saturated heterocycles. The van der Waals surface area contributed by atoms with Gasteiger partial charge in [-0.2, -0.15) is 0 Å². The number of nitrogens with zero attached hydrogens (tertiary/aromatic N) is 3. The number of anilines is 3. The van der Waals surface area contributed by atoms with E-state index in [0.717, 1.165) is 27.6 Å². The Morgan fingerprint density at radius 1 is 1.04 bits per heavy atom. The first-order valence-corrected chi connectivity index (χ1v) is 8.96. The van der Waals surface area contributed by atoms with Crippen molar-refractivity contribution >= 4 is 62.0 Å². The summed E-state index contributed by atoms with van der Waals surface area (Å²) < 4.78 is 0. The van der Waals surface area contributed by atoms with Crippen LogP contribution >= 0.6 is 34.3 Å². The Balaban J connectivity index is 2.14. The maximum absolute atomic E-state index is 13.0. The van der Waals surface area contributed by atoms with Crippen molar-refractivity contribution in [2.45, 2.75) is 6.92 Å². The van der Waals surface area contributed by atoms with Crippen LogP contribution in [0.25, 0.3) is 0 Å². The molecule has 0 aliphatic carbocycles. The van der Waals surface area contributed by atoms with Crippen LogP contribution in [0.2, 0.25) is 5.02 Å². The maximum Gasteiger partial charge on any atom is 0.277 e. The Morgan fingerprint density at radius 2 is 1.56 bits per heavy atom. The fourth-order valence-corrected chi connectivity index (χ4v) is 3.73. The van der Waals surface area contributed by atoms with Gasteiger partial charge in [0.25, 0.3) is 11.8 Å². The van der Waals surface area contributed by atoms with E-state index in [1.54, 1.807) is 25.1 Å². The highest BCUT2D eigenvalue weighted by Gasteiger charge is 2.31. The predicted octanol–water partition coefficient (Wildman–Crippen LogP) is 3.21. The van der Waals surface area contributed by atoms with E-state index < -0.39 is 11.8 Å². The molecule has 0 spiro atoms. The number of para-hydroxylation sites is 1. The molecular formula is C15H12ClN5O2S2. The molecule has 0 aliphatic heterocycles. The minimum Gasteiger partial charge on any atom is -0.375 e. The average molecular weight is 394 g/mol. The number of nitrogen functional groups attached to an aromatic ring is 2. The van der Waals surface area contributed by atoms with E-state index in [1.807, 2.05) is 0 Å². The number of hydrogen-bond acceptors (Lipinski definition) is 8. The number of aromatic nitrogens is 2. The highest BCUT2D eigenvalue weighted by atomic mass is 35.5. The molecule has 7 nitrogen and oxygen atoms in total. The lowest BCUT2D eigenvalue weighted by atomic mass is 10.1.